The Kier molecular flexibility index (Phi) is 4.35. The summed E-state index contributed by atoms with van der Waals surface area (Å²) in [6.45, 7) is 4.14. The first kappa shape index (κ1) is 16.2. The van der Waals surface area contributed by atoms with Crippen LogP contribution >= 0.6 is 0 Å². The van der Waals surface area contributed by atoms with Crippen molar-refractivity contribution < 1.29 is 8.42 Å². The maximum absolute atomic E-state index is 12.5. The summed E-state index contributed by atoms with van der Waals surface area (Å²) in [6.07, 6.45) is 3.02. The van der Waals surface area contributed by atoms with Crippen LogP contribution in [0.3, 0.4) is 0 Å². The van der Waals surface area contributed by atoms with Gasteiger partial charge in [-0.3, -0.25) is 4.72 Å². The van der Waals surface area contributed by atoms with Gasteiger partial charge in [0.25, 0.3) is 10.0 Å². The summed E-state index contributed by atoms with van der Waals surface area (Å²) in [4.78, 5) is 4.12. The summed E-state index contributed by atoms with van der Waals surface area (Å²) in [6, 6.07) is 13.9. The van der Waals surface area contributed by atoms with E-state index in [9.17, 15) is 8.42 Å². The zero-order valence-electron chi connectivity index (χ0n) is 13.4. The second-order valence-corrected chi connectivity index (χ2v) is 7.40. The van der Waals surface area contributed by atoms with E-state index in [0.717, 1.165) is 11.3 Å². The highest BCUT2D eigenvalue weighted by Crippen LogP contribution is 2.20. The molecule has 7 heteroatoms. The third-order valence-corrected chi connectivity index (χ3v) is 5.06. The van der Waals surface area contributed by atoms with E-state index in [2.05, 4.69) is 28.7 Å². The molecule has 0 saturated heterocycles. The first-order valence-electron chi connectivity index (χ1n) is 7.53. The molecule has 124 valence electrons. The minimum Gasteiger partial charge on any atom is -0.280 e. The molecule has 0 aliphatic rings. The minimum atomic E-state index is -3.61. The predicted octanol–water partition coefficient (Wildman–Crippen LogP) is 3.19. The lowest BCUT2D eigenvalue weighted by Gasteiger charge is -2.10. The molecule has 2 aromatic carbocycles. The number of anilines is 1. The second kappa shape index (κ2) is 6.45. The van der Waals surface area contributed by atoms with Crippen molar-refractivity contribution in [3.8, 4) is 5.69 Å². The monoisotopic (exact) mass is 342 g/mol. The summed E-state index contributed by atoms with van der Waals surface area (Å²) in [5, 5.41) is 4.03. The van der Waals surface area contributed by atoms with E-state index in [1.807, 2.05) is 12.1 Å². The van der Waals surface area contributed by atoms with E-state index in [4.69, 9.17) is 0 Å². The van der Waals surface area contributed by atoms with E-state index in [-0.39, 0.29) is 4.90 Å². The van der Waals surface area contributed by atoms with Crippen molar-refractivity contribution in [3.63, 3.8) is 0 Å². The lowest BCUT2D eigenvalue weighted by atomic mass is 10.0. The largest absolute Gasteiger partial charge is 0.280 e. The molecule has 6 nitrogen and oxygen atoms in total. The fraction of sp³-hybridized carbons (Fsp3) is 0.176. The molecule has 0 atom stereocenters. The number of benzene rings is 2. The lowest BCUT2D eigenvalue weighted by molar-refractivity contribution is 0.601. The van der Waals surface area contributed by atoms with Gasteiger partial charge in [0.15, 0.2) is 0 Å². The van der Waals surface area contributed by atoms with Gasteiger partial charge < -0.3 is 0 Å². The van der Waals surface area contributed by atoms with Crippen LogP contribution in [0.4, 0.5) is 5.69 Å². The Balaban J connectivity index is 1.79. The normalized spacial score (nSPS) is 11.6. The first-order chi connectivity index (χ1) is 11.5. The fourth-order valence-electron chi connectivity index (χ4n) is 2.27. The molecule has 0 aliphatic heterocycles. The van der Waals surface area contributed by atoms with Crippen molar-refractivity contribution in [3.05, 3.63) is 66.7 Å². The number of rotatable bonds is 5. The van der Waals surface area contributed by atoms with Gasteiger partial charge in [-0.2, -0.15) is 5.10 Å². The standard InChI is InChI=1S/C17H18N4O2S/c1-13(2)14-3-9-17(10-4-14)24(22,23)20-15-5-7-16(8-6-15)21-12-18-11-19-21/h3-13,20H,1-2H3. The van der Waals surface area contributed by atoms with E-state index < -0.39 is 10.0 Å². The molecule has 0 amide bonds. The van der Waals surface area contributed by atoms with Gasteiger partial charge in [-0.05, 0) is 47.9 Å². The Bertz CT molecular complexity index is 900. The molecule has 0 unspecified atom stereocenters. The smallest absolute Gasteiger partial charge is 0.261 e. The van der Waals surface area contributed by atoms with Gasteiger partial charge in [0.1, 0.15) is 12.7 Å². The molecule has 24 heavy (non-hydrogen) atoms. The van der Waals surface area contributed by atoms with Crippen LogP contribution in [0.2, 0.25) is 0 Å². The number of nitrogens with zero attached hydrogens (tertiary/aromatic N) is 3. The van der Waals surface area contributed by atoms with Crippen molar-refractivity contribution in [1.29, 1.82) is 0 Å². The first-order valence-corrected chi connectivity index (χ1v) is 9.02. The number of hydrogen-bond donors (Lipinski definition) is 1. The summed E-state index contributed by atoms with van der Waals surface area (Å²) in [5.74, 6) is 0.360. The van der Waals surface area contributed by atoms with Crippen molar-refractivity contribution in [1.82, 2.24) is 14.8 Å². The molecule has 1 N–H and O–H groups in total. The molecule has 0 fully saturated rings. The van der Waals surface area contributed by atoms with Crippen LogP contribution in [0.25, 0.3) is 5.69 Å². The maximum atomic E-state index is 12.5. The minimum absolute atomic E-state index is 0.243. The Morgan fingerprint density at radius 2 is 1.67 bits per heavy atom. The van der Waals surface area contributed by atoms with Gasteiger partial charge in [0.05, 0.1) is 10.6 Å². The molecule has 3 rings (SSSR count). The zero-order chi connectivity index (χ0) is 17.2. The summed E-state index contributed by atoms with van der Waals surface area (Å²) >= 11 is 0. The summed E-state index contributed by atoms with van der Waals surface area (Å²) < 4.78 is 29.1. The van der Waals surface area contributed by atoms with E-state index in [1.54, 1.807) is 47.4 Å². The van der Waals surface area contributed by atoms with Crippen molar-refractivity contribution >= 4 is 15.7 Å². The van der Waals surface area contributed by atoms with Crippen LogP contribution in [-0.4, -0.2) is 23.2 Å². The van der Waals surface area contributed by atoms with E-state index in [1.165, 1.54) is 6.33 Å². The van der Waals surface area contributed by atoms with Crippen LogP contribution < -0.4 is 4.72 Å². The average molecular weight is 342 g/mol. The van der Waals surface area contributed by atoms with Gasteiger partial charge >= 0.3 is 0 Å². The molecule has 0 aliphatic carbocycles. The number of sulfonamides is 1. The molecule has 0 spiro atoms. The Morgan fingerprint density at radius 3 is 2.21 bits per heavy atom. The van der Waals surface area contributed by atoms with Gasteiger partial charge in [-0.1, -0.05) is 26.0 Å². The molecule has 0 saturated carbocycles. The van der Waals surface area contributed by atoms with Crippen LogP contribution in [0, 0.1) is 0 Å². The van der Waals surface area contributed by atoms with Crippen molar-refractivity contribution in [2.45, 2.75) is 24.7 Å². The molecule has 1 aromatic heterocycles. The van der Waals surface area contributed by atoms with Crippen LogP contribution in [0.15, 0.2) is 66.1 Å². The van der Waals surface area contributed by atoms with E-state index >= 15 is 0 Å². The third kappa shape index (κ3) is 3.46. The quantitative estimate of drug-likeness (QED) is 0.772. The summed E-state index contributed by atoms with van der Waals surface area (Å²) in [7, 11) is -3.61. The molecule has 0 bridgehead atoms. The summed E-state index contributed by atoms with van der Waals surface area (Å²) in [5.41, 5.74) is 2.40. The lowest BCUT2D eigenvalue weighted by Crippen LogP contribution is -2.13. The van der Waals surface area contributed by atoms with E-state index in [0.29, 0.717) is 11.6 Å². The molecule has 3 aromatic rings. The van der Waals surface area contributed by atoms with Crippen molar-refractivity contribution in [2.24, 2.45) is 0 Å². The highest BCUT2D eigenvalue weighted by molar-refractivity contribution is 7.92. The van der Waals surface area contributed by atoms with Gasteiger partial charge in [0, 0.05) is 5.69 Å². The van der Waals surface area contributed by atoms with Gasteiger partial charge in [-0.15, -0.1) is 0 Å². The average Bonchev–Trinajstić information content (AvgIpc) is 3.10. The SMILES string of the molecule is CC(C)c1ccc(S(=O)(=O)Nc2ccc(-n3cncn3)cc2)cc1. The Hall–Kier alpha value is -2.67. The Morgan fingerprint density at radius 1 is 1.00 bits per heavy atom. The van der Waals surface area contributed by atoms with Gasteiger partial charge in [-0.25, -0.2) is 18.1 Å². The molecular formula is C17H18N4O2S. The van der Waals surface area contributed by atoms with Gasteiger partial charge in [0.2, 0.25) is 0 Å². The third-order valence-electron chi connectivity index (χ3n) is 3.66. The number of aromatic nitrogens is 3. The molecule has 0 radical (unpaired) electrons. The molecular weight excluding hydrogens is 324 g/mol. The second-order valence-electron chi connectivity index (χ2n) is 5.72. The van der Waals surface area contributed by atoms with Crippen LogP contribution in [-0.2, 0) is 10.0 Å². The Labute approximate surface area is 141 Å². The van der Waals surface area contributed by atoms with Crippen LogP contribution in [0.5, 0.6) is 0 Å². The fourth-order valence-corrected chi connectivity index (χ4v) is 3.33. The highest BCUT2D eigenvalue weighted by atomic mass is 32.2. The van der Waals surface area contributed by atoms with Crippen LogP contribution in [0.1, 0.15) is 25.3 Å². The van der Waals surface area contributed by atoms with Crippen molar-refractivity contribution in [2.75, 3.05) is 4.72 Å². The number of hydrogen-bond acceptors (Lipinski definition) is 4. The molecule has 1 heterocycles. The highest BCUT2D eigenvalue weighted by Gasteiger charge is 2.14. The predicted molar refractivity (Wildman–Crippen MR) is 92.7 cm³/mol. The number of nitrogens with one attached hydrogen (secondary N) is 1. The zero-order valence-corrected chi connectivity index (χ0v) is 14.2. The maximum Gasteiger partial charge on any atom is 0.261 e. The topological polar surface area (TPSA) is 76.9 Å².